The Morgan fingerprint density at radius 2 is 1.77 bits per heavy atom. The lowest BCUT2D eigenvalue weighted by atomic mass is 10.0. The van der Waals surface area contributed by atoms with Crippen molar-refractivity contribution in [1.82, 2.24) is 14.9 Å². The van der Waals surface area contributed by atoms with Gasteiger partial charge in [0.1, 0.15) is 11.6 Å². The zero-order valence-electron chi connectivity index (χ0n) is 21.1. The molecule has 0 spiro atoms. The molecule has 3 aromatic rings. The fourth-order valence-corrected chi connectivity index (χ4v) is 4.67. The molecular formula is C28H34ClN5O. The normalized spacial score (nSPS) is 14.1. The summed E-state index contributed by atoms with van der Waals surface area (Å²) in [5.74, 6) is 1.79. The molecule has 7 heteroatoms. The Kier molecular flexibility index (Phi) is 7.91. The molecule has 184 valence electrons. The number of aryl methyl sites for hydroxylation is 4. The summed E-state index contributed by atoms with van der Waals surface area (Å²) in [6, 6.07) is 14.2. The van der Waals surface area contributed by atoms with Crippen LogP contribution in [0.2, 0.25) is 5.02 Å². The molecule has 1 aliphatic rings. The molecule has 0 saturated carbocycles. The molecule has 35 heavy (non-hydrogen) atoms. The van der Waals surface area contributed by atoms with Crippen LogP contribution in [-0.4, -0.2) is 47.1 Å². The van der Waals surface area contributed by atoms with Gasteiger partial charge in [0.25, 0.3) is 0 Å². The lowest BCUT2D eigenvalue weighted by Gasteiger charge is -2.26. The molecule has 0 radical (unpaired) electrons. The van der Waals surface area contributed by atoms with Crippen LogP contribution in [0.25, 0.3) is 0 Å². The molecule has 6 nitrogen and oxygen atoms in total. The molecule has 1 N–H and O–H groups in total. The molecule has 1 saturated heterocycles. The maximum absolute atomic E-state index is 13.0. The molecule has 2 amide bonds. The average molecular weight is 492 g/mol. The standard InChI is InChI=1S/C28H34ClN5O/c1-5-26-24(17-22-10-7-19(2)8-11-22)27(31-21(4)30-26)33-13-6-14-34(16-15-33)28(35)32-23-12-9-20(3)25(29)18-23/h7-12,18H,5-6,13-17H2,1-4H3,(H,32,35). The number of carbonyl (C=O) groups is 1. The molecule has 2 aromatic carbocycles. The smallest absolute Gasteiger partial charge is 0.321 e. The van der Waals surface area contributed by atoms with Crippen LogP contribution in [0.3, 0.4) is 0 Å². The molecule has 0 atom stereocenters. The number of halogens is 1. The van der Waals surface area contributed by atoms with Gasteiger partial charge in [0, 0.05) is 54.6 Å². The predicted molar refractivity (Wildman–Crippen MR) is 144 cm³/mol. The molecule has 4 rings (SSSR count). The van der Waals surface area contributed by atoms with E-state index < -0.39 is 0 Å². The molecule has 0 aliphatic carbocycles. The van der Waals surface area contributed by atoms with Crippen LogP contribution >= 0.6 is 11.6 Å². The first kappa shape index (κ1) is 25.0. The lowest BCUT2D eigenvalue weighted by Crippen LogP contribution is -2.38. The van der Waals surface area contributed by atoms with Gasteiger partial charge in [0.05, 0.1) is 0 Å². The monoisotopic (exact) mass is 491 g/mol. The number of hydrogen-bond acceptors (Lipinski definition) is 4. The van der Waals surface area contributed by atoms with Crippen LogP contribution in [0.5, 0.6) is 0 Å². The largest absolute Gasteiger partial charge is 0.354 e. The van der Waals surface area contributed by atoms with Crippen molar-refractivity contribution in [1.29, 1.82) is 0 Å². The van der Waals surface area contributed by atoms with Crippen molar-refractivity contribution in [3.05, 3.63) is 81.3 Å². The van der Waals surface area contributed by atoms with Crippen molar-refractivity contribution in [3.63, 3.8) is 0 Å². The molecule has 2 heterocycles. The number of rotatable bonds is 5. The van der Waals surface area contributed by atoms with Crippen molar-refractivity contribution < 1.29 is 4.79 Å². The second kappa shape index (κ2) is 11.1. The summed E-state index contributed by atoms with van der Waals surface area (Å²) in [4.78, 5) is 26.8. The van der Waals surface area contributed by atoms with Crippen LogP contribution in [-0.2, 0) is 12.8 Å². The lowest BCUT2D eigenvalue weighted by molar-refractivity contribution is 0.215. The maximum Gasteiger partial charge on any atom is 0.321 e. The summed E-state index contributed by atoms with van der Waals surface area (Å²) in [5.41, 5.74) is 6.50. The van der Waals surface area contributed by atoms with Gasteiger partial charge in [-0.1, -0.05) is 54.4 Å². The van der Waals surface area contributed by atoms with Gasteiger partial charge in [-0.15, -0.1) is 0 Å². The molecular weight excluding hydrogens is 458 g/mol. The SMILES string of the molecule is CCc1nc(C)nc(N2CCCN(C(=O)Nc3ccc(C)c(Cl)c3)CC2)c1Cc1ccc(C)cc1. The van der Waals surface area contributed by atoms with Crippen LogP contribution in [0.1, 0.15) is 47.1 Å². The van der Waals surface area contributed by atoms with Gasteiger partial charge in [-0.3, -0.25) is 0 Å². The van der Waals surface area contributed by atoms with E-state index in [9.17, 15) is 4.79 Å². The quantitative estimate of drug-likeness (QED) is 0.479. The van der Waals surface area contributed by atoms with Crippen molar-refractivity contribution in [3.8, 4) is 0 Å². The first-order chi connectivity index (χ1) is 16.8. The molecule has 1 fully saturated rings. The third kappa shape index (κ3) is 6.12. The Bertz CT molecular complexity index is 1190. The van der Waals surface area contributed by atoms with Crippen molar-refractivity contribution in [2.24, 2.45) is 0 Å². The number of aromatic nitrogens is 2. The number of hydrogen-bond donors (Lipinski definition) is 1. The Hall–Kier alpha value is -3.12. The highest BCUT2D eigenvalue weighted by Crippen LogP contribution is 2.26. The Morgan fingerprint density at radius 1 is 1.00 bits per heavy atom. The first-order valence-electron chi connectivity index (χ1n) is 12.3. The van der Waals surface area contributed by atoms with E-state index in [2.05, 4.69) is 48.3 Å². The van der Waals surface area contributed by atoms with Gasteiger partial charge in [0.2, 0.25) is 0 Å². The summed E-state index contributed by atoms with van der Waals surface area (Å²) in [6.45, 7) is 11.1. The van der Waals surface area contributed by atoms with E-state index >= 15 is 0 Å². The maximum atomic E-state index is 13.0. The third-order valence-electron chi connectivity index (χ3n) is 6.52. The second-order valence-electron chi connectivity index (χ2n) is 9.26. The highest BCUT2D eigenvalue weighted by Gasteiger charge is 2.23. The van der Waals surface area contributed by atoms with E-state index in [4.69, 9.17) is 21.6 Å². The van der Waals surface area contributed by atoms with E-state index in [0.717, 1.165) is 55.3 Å². The number of nitrogens with zero attached hydrogens (tertiary/aromatic N) is 4. The molecule has 1 aromatic heterocycles. The van der Waals surface area contributed by atoms with E-state index in [1.54, 1.807) is 6.07 Å². The predicted octanol–water partition coefficient (Wildman–Crippen LogP) is 5.95. The van der Waals surface area contributed by atoms with Crippen LogP contribution in [0.4, 0.5) is 16.3 Å². The van der Waals surface area contributed by atoms with Gasteiger partial charge in [-0.25, -0.2) is 14.8 Å². The minimum Gasteiger partial charge on any atom is -0.354 e. The minimum absolute atomic E-state index is 0.0974. The third-order valence-corrected chi connectivity index (χ3v) is 6.93. The van der Waals surface area contributed by atoms with Crippen molar-refractivity contribution in [2.45, 2.75) is 47.0 Å². The number of nitrogens with one attached hydrogen (secondary N) is 1. The number of carbonyl (C=O) groups excluding carboxylic acids is 1. The number of anilines is 2. The Balaban J connectivity index is 1.52. The zero-order valence-corrected chi connectivity index (χ0v) is 21.8. The second-order valence-corrected chi connectivity index (χ2v) is 9.66. The van der Waals surface area contributed by atoms with Crippen molar-refractivity contribution in [2.75, 3.05) is 36.4 Å². The summed E-state index contributed by atoms with van der Waals surface area (Å²) in [7, 11) is 0. The van der Waals surface area contributed by atoms with E-state index in [1.807, 2.05) is 30.9 Å². The topological polar surface area (TPSA) is 61.4 Å². The zero-order chi connectivity index (χ0) is 24.9. The van der Waals surface area contributed by atoms with Crippen molar-refractivity contribution >= 4 is 29.1 Å². The number of amides is 2. The summed E-state index contributed by atoms with van der Waals surface area (Å²) in [6.07, 6.45) is 2.53. The van der Waals surface area contributed by atoms with Crippen LogP contribution in [0.15, 0.2) is 42.5 Å². The van der Waals surface area contributed by atoms with Gasteiger partial charge < -0.3 is 15.1 Å². The summed E-state index contributed by atoms with van der Waals surface area (Å²) >= 11 is 6.23. The highest BCUT2D eigenvalue weighted by molar-refractivity contribution is 6.31. The van der Waals surface area contributed by atoms with Gasteiger partial charge in [-0.05, 0) is 56.9 Å². The van der Waals surface area contributed by atoms with Gasteiger partial charge in [-0.2, -0.15) is 0 Å². The van der Waals surface area contributed by atoms with Gasteiger partial charge in [0.15, 0.2) is 0 Å². The fourth-order valence-electron chi connectivity index (χ4n) is 4.49. The summed E-state index contributed by atoms with van der Waals surface area (Å²) < 4.78 is 0. The number of benzene rings is 2. The minimum atomic E-state index is -0.0974. The summed E-state index contributed by atoms with van der Waals surface area (Å²) in [5, 5.41) is 3.65. The first-order valence-corrected chi connectivity index (χ1v) is 12.7. The van der Waals surface area contributed by atoms with Crippen LogP contribution in [0, 0.1) is 20.8 Å². The van der Waals surface area contributed by atoms with E-state index in [-0.39, 0.29) is 6.03 Å². The van der Waals surface area contributed by atoms with Crippen LogP contribution < -0.4 is 10.2 Å². The van der Waals surface area contributed by atoms with E-state index in [0.29, 0.717) is 23.8 Å². The highest BCUT2D eigenvalue weighted by atomic mass is 35.5. The Morgan fingerprint density at radius 3 is 2.49 bits per heavy atom. The average Bonchev–Trinajstić information content (AvgIpc) is 3.10. The molecule has 0 bridgehead atoms. The molecule has 1 aliphatic heterocycles. The Labute approximate surface area is 213 Å². The molecule has 0 unspecified atom stereocenters. The number of urea groups is 1. The van der Waals surface area contributed by atoms with Gasteiger partial charge >= 0.3 is 6.03 Å². The van der Waals surface area contributed by atoms with E-state index in [1.165, 1.54) is 16.7 Å². The fraction of sp³-hybridized carbons (Fsp3) is 0.393.